The van der Waals surface area contributed by atoms with Crippen LogP contribution >= 0.6 is 0 Å². The summed E-state index contributed by atoms with van der Waals surface area (Å²) in [5.74, 6) is -0.378. The van der Waals surface area contributed by atoms with Crippen LogP contribution in [0.3, 0.4) is 0 Å². The van der Waals surface area contributed by atoms with Crippen molar-refractivity contribution in [3.63, 3.8) is 0 Å². The van der Waals surface area contributed by atoms with E-state index in [0.29, 0.717) is 11.5 Å². The van der Waals surface area contributed by atoms with E-state index in [9.17, 15) is 9.90 Å². The van der Waals surface area contributed by atoms with E-state index in [1.165, 1.54) is 18.4 Å². The van der Waals surface area contributed by atoms with Crippen molar-refractivity contribution in [2.24, 2.45) is 5.41 Å². The minimum Gasteiger partial charge on any atom is -0.481 e. The van der Waals surface area contributed by atoms with Gasteiger partial charge in [0.15, 0.2) is 0 Å². The lowest BCUT2D eigenvalue weighted by Crippen LogP contribution is -2.31. The number of aliphatic hydroxyl groups is 1. The van der Waals surface area contributed by atoms with Crippen molar-refractivity contribution in [3.05, 3.63) is 35.4 Å². The summed E-state index contributed by atoms with van der Waals surface area (Å²) in [7, 11) is 0. The number of carboxylic acids is 1. The zero-order valence-corrected chi connectivity index (χ0v) is 10.2. The van der Waals surface area contributed by atoms with Gasteiger partial charge in [-0.1, -0.05) is 24.3 Å². The Balaban J connectivity index is 2.27. The summed E-state index contributed by atoms with van der Waals surface area (Å²) < 4.78 is 0. The summed E-state index contributed by atoms with van der Waals surface area (Å²) in [6.45, 7) is 3.09. The van der Waals surface area contributed by atoms with Gasteiger partial charge < -0.3 is 10.2 Å². The van der Waals surface area contributed by atoms with Gasteiger partial charge in [-0.05, 0) is 43.7 Å². The second-order valence-electron chi connectivity index (χ2n) is 5.37. The van der Waals surface area contributed by atoms with E-state index in [-0.39, 0.29) is 0 Å². The first-order valence-corrected chi connectivity index (χ1v) is 5.94. The normalized spacial score (nSPS) is 17.8. The van der Waals surface area contributed by atoms with Gasteiger partial charge >= 0.3 is 5.97 Å². The second kappa shape index (κ2) is 4.15. The average Bonchev–Trinajstić information content (AvgIpc) is 3.11. The Morgan fingerprint density at radius 1 is 1.41 bits per heavy atom. The molecule has 0 heterocycles. The first kappa shape index (κ1) is 12.1. The fourth-order valence-electron chi connectivity index (χ4n) is 1.93. The highest BCUT2D eigenvalue weighted by Crippen LogP contribution is 2.42. The summed E-state index contributed by atoms with van der Waals surface area (Å²) in [5.41, 5.74) is 0.742. The molecule has 1 aliphatic carbocycles. The lowest BCUT2D eigenvalue weighted by Gasteiger charge is -2.26. The molecular formula is C14H18O3. The van der Waals surface area contributed by atoms with Crippen molar-refractivity contribution in [1.29, 1.82) is 0 Å². The highest BCUT2D eigenvalue weighted by molar-refractivity contribution is 5.74. The van der Waals surface area contributed by atoms with Crippen LogP contribution in [-0.4, -0.2) is 16.2 Å². The molecule has 17 heavy (non-hydrogen) atoms. The predicted octanol–water partition coefficient (Wildman–Crippen LogP) is 2.71. The maximum Gasteiger partial charge on any atom is 0.312 e. The van der Waals surface area contributed by atoms with Gasteiger partial charge in [0.05, 0.1) is 11.5 Å². The summed E-state index contributed by atoms with van der Waals surface area (Å²) in [4.78, 5) is 11.1. The van der Waals surface area contributed by atoms with Gasteiger partial charge in [0, 0.05) is 0 Å². The smallest absolute Gasteiger partial charge is 0.312 e. The van der Waals surface area contributed by atoms with Crippen LogP contribution < -0.4 is 0 Å². The van der Waals surface area contributed by atoms with Gasteiger partial charge in [-0.3, -0.25) is 4.79 Å². The summed E-state index contributed by atoms with van der Waals surface area (Å²) in [6.07, 6.45) is 1.42. The van der Waals surface area contributed by atoms with Gasteiger partial charge in [-0.15, -0.1) is 0 Å². The zero-order chi connectivity index (χ0) is 12.6. The zero-order valence-electron chi connectivity index (χ0n) is 10.2. The molecule has 1 fully saturated rings. The third kappa shape index (κ3) is 2.34. The first-order valence-electron chi connectivity index (χ1n) is 5.94. The quantitative estimate of drug-likeness (QED) is 0.842. The summed E-state index contributed by atoms with van der Waals surface area (Å²) in [6, 6.07) is 7.67. The molecule has 1 atom stereocenters. The van der Waals surface area contributed by atoms with Crippen molar-refractivity contribution in [3.8, 4) is 0 Å². The van der Waals surface area contributed by atoms with Gasteiger partial charge in [0.1, 0.15) is 0 Å². The van der Waals surface area contributed by atoms with Crippen molar-refractivity contribution in [1.82, 2.24) is 0 Å². The topological polar surface area (TPSA) is 57.5 Å². The maximum atomic E-state index is 11.1. The molecule has 0 spiro atoms. The van der Waals surface area contributed by atoms with Crippen LogP contribution in [0.5, 0.6) is 0 Å². The Bertz CT molecular complexity index is 433. The summed E-state index contributed by atoms with van der Waals surface area (Å²) >= 11 is 0. The van der Waals surface area contributed by atoms with Gasteiger partial charge in [0.2, 0.25) is 0 Å². The van der Waals surface area contributed by atoms with E-state index in [1.807, 2.05) is 18.2 Å². The van der Waals surface area contributed by atoms with Crippen molar-refractivity contribution >= 4 is 5.97 Å². The molecule has 0 amide bonds. The highest BCUT2D eigenvalue weighted by Gasteiger charge is 2.37. The van der Waals surface area contributed by atoms with Crippen LogP contribution in [0.25, 0.3) is 0 Å². The Hall–Kier alpha value is -1.35. The van der Waals surface area contributed by atoms with E-state index in [1.54, 1.807) is 19.9 Å². The molecule has 3 nitrogen and oxygen atoms in total. The Labute approximate surface area is 101 Å². The summed E-state index contributed by atoms with van der Waals surface area (Å²) in [5, 5.41) is 19.3. The second-order valence-corrected chi connectivity index (χ2v) is 5.37. The number of hydrogen-bond acceptors (Lipinski definition) is 2. The van der Waals surface area contributed by atoms with Crippen LogP contribution in [0.4, 0.5) is 0 Å². The molecule has 2 rings (SSSR count). The molecule has 3 heteroatoms. The number of aliphatic hydroxyl groups excluding tert-OH is 1. The molecule has 0 radical (unpaired) electrons. The molecule has 1 unspecified atom stereocenters. The Morgan fingerprint density at radius 3 is 2.59 bits per heavy atom. The molecule has 1 aromatic rings. The molecule has 0 aromatic heterocycles. The monoisotopic (exact) mass is 234 g/mol. The molecule has 1 aliphatic rings. The molecule has 2 N–H and O–H groups in total. The predicted molar refractivity (Wildman–Crippen MR) is 64.8 cm³/mol. The van der Waals surface area contributed by atoms with Crippen LogP contribution in [0, 0.1) is 5.41 Å². The van der Waals surface area contributed by atoms with Crippen LogP contribution in [0.2, 0.25) is 0 Å². The molecule has 1 saturated carbocycles. The van der Waals surface area contributed by atoms with E-state index in [0.717, 1.165) is 0 Å². The Morgan fingerprint density at radius 2 is 2.06 bits per heavy atom. The van der Waals surface area contributed by atoms with Crippen molar-refractivity contribution in [2.75, 3.05) is 0 Å². The molecule has 0 bridgehead atoms. The number of carbonyl (C=O) groups is 1. The fourth-order valence-corrected chi connectivity index (χ4v) is 1.93. The molecule has 92 valence electrons. The van der Waals surface area contributed by atoms with E-state index in [4.69, 9.17) is 5.11 Å². The largest absolute Gasteiger partial charge is 0.481 e. The molecule has 0 aliphatic heterocycles. The highest BCUT2D eigenvalue weighted by atomic mass is 16.4. The minimum atomic E-state index is -1.16. The first-order chi connectivity index (χ1) is 7.93. The SMILES string of the molecule is CC(C)(C(=O)O)C(O)c1cccc(C2CC2)c1. The minimum absolute atomic E-state index is 0.607. The number of rotatable bonds is 4. The van der Waals surface area contributed by atoms with Gasteiger partial charge in [-0.2, -0.15) is 0 Å². The number of benzene rings is 1. The van der Waals surface area contributed by atoms with Gasteiger partial charge in [-0.25, -0.2) is 0 Å². The third-order valence-electron chi connectivity index (χ3n) is 3.51. The van der Waals surface area contributed by atoms with Crippen LogP contribution in [-0.2, 0) is 4.79 Å². The van der Waals surface area contributed by atoms with Crippen molar-refractivity contribution in [2.45, 2.75) is 38.7 Å². The number of hydrogen-bond donors (Lipinski definition) is 2. The standard InChI is InChI=1S/C14H18O3/c1-14(2,13(16)17)12(15)11-5-3-4-10(8-11)9-6-7-9/h3-5,8-9,12,15H,6-7H2,1-2H3,(H,16,17). The van der Waals surface area contributed by atoms with Crippen molar-refractivity contribution < 1.29 is 15.0 Å². The number of carboxylic acid groups (broad SMARTS) is 1. The van der Waals surface area contributed by atoms with E-state index in [2.05, 4.69) is 0 Å². The fraction of sp³-hybridized carbons (Fsp3) is 0.500. The lowest BCUT2D eigenvalue weighted by molar-refractivity contribution is -0.153. The van der Waals surface area contributed by atoms with Crippen LogP contribution in [0.15, 0.2) is 24.3 Å². The van der Waals surface area contributed by atoms with Crippen LogP contribution in [0.1, 0.15) is 49.8 Å². The lowest BCUT2D eigenvalue weighted by atomic mass is 9.82. The average molecular weight is 234 g/mol. The maximum absolute atomic E-state index is 11.1. The number of aliphatic carboxylic acids is 1. The molecule has 0 saturated heterocycles. The Kier molecular flexibility index (Phi) is 2.96. The van der Waals surface area contributed by atoms with Gasteiger partial charge in [0.25, 0.3) is 0 Å². The molecular weight excluding hydrogens is 216 g/mol. The third-order valence-corrected chi connectivity index (χ3v) is 3.51. The molecule has 1 aromatic carbocycles. The van der Waals surface area contributed by atoms with E-state index >= 15 is 0 Å². The van der Waals surface area contributed by atoms with E-state index < -0.39 is 17.5 Å².